The Morgan fingerprint density at radius 1 is 1.00 bits per heavy atom. The summed E-state index contributed by atoms with van der Waals surface area (Å²) >= 11 is 0. The number of carbonyl (C=O) groups excluding carboxylic acids is 1. The van der Waals surface area contributed by atoms with E-state index in [1.54, 1.807) is 0 Å². The molecule has 1 aliphatic carbocycles. The van der Waals surface area contributed by atoms with Gasteiger partial charge in [-0.05, 0) is 31.4 Å². The van der Waals surface area contributed by atoms with Crippen LogP contribution >= 0.6 is 0 Å². The average Bonchev–Trinajstić information content (AvgIpc) is 2.97. The summed E-state index contributed by atoms with van der Waals surface area (Å²) in [4.78, 5) is 17.4. The average molecular weight is 342 g/mol. The molecular formula is C21H30N2O2. The Morgan fingerprint density at radius 2 is 1.72 bits per heavy atom. The number of piperazine rings is 1. The number of benzene rings is 1. The lowest BCUT2D eigenvalue weighted by atomic mass is 9.72. The first-order valence-corrected chi connectivity index (χ1v) is 9.99. The molecule has 2 heterocycles. The van der Waals surface area contributed by atoms with Gasteiger partial charge in [0.2, 0.25) is 0 Å². The highest BCUT2D eigenvalue weighted by Gasteiger charge is 2.48. The second kappa shape index (κ2) is 7.36. The summed E-state index contributed by atoms with van der Waals surface area (Å²) in [6, 6.07) is 10.7. The van der Waals surface area contributed by atoms with Gasteiger partial charge in [0.05, 0.1) is 5.41 Å². The Kier molecular flexibility index (Phi) is 4.98. The van der Waals surface area contributed by atoms with Crippen LogP contribution in [0.2, 0.25) is 0 Å². The molecule has 136 valence electrons. The molecule has 1 aromatic carbocycles. The minimum absolute atomic E-state index is 0.103. The maximum Gasteiger partial charge on any atom is 0.312 e. The molecule has 2 saturated heterocycles. The Morgan fingerprint density at radius 3 is 2.44 bits per heavy atom. The number of cyclic esters (lactones) is 1. The molecule has 1 atom stereocenters. The van der Waals surface area contributed by atoms with E-state index in [1.165, 1.54) is 24.9 Å². The van der Waals surface area contributed by atoms with E-state index in [-0.39, 0.29) is 17.5 Å². The van der Waals surface area contributed by atoms with E-state index in [0.717, 1.165) is 58.4 Å². The van der Waals surface area contributed by atoms with Crippen LogP contribution in [0.5, 0.6) is 0 Å². The second-order valence-electron chi connectivity index (χ2n) is 8.03. The molecule has 4 heteroatoms. The number of ether oxygens (including phenoxy) is 1. The van der Waals surface area contributed by atoms with Crippen LogP contribution < -0.4 is 4.90 Å². The molecule has 3 aliphatic rings. The van der Waals surface area contributed by atoms with E-state index < -0.39 is 0 Å². The molecule has 0 unspecified atom stereocenters. The lowest BCUT2D eigenvalue weighted by Gasteiger charge is -2.36. The van der Waals surface area contributed by atoms with Crippen LogP contribution in [0.3, 0.4) is 0 Å². The van der Waals surface area contributed by atoms with Gasteiger partial charge < -0.3 is 9.64 Å². The van der Waals surface area contributed by atoms with Crippen LogP contribution in [0.25, 0.3) is 0 Å². The van der Waals surface area contributed by atoms with Crippen molar-refractivity contribution in [3.8, 4) is 0 Å². The van der Waals surface area contributed by atoms with E-state index in [1.807, 2.05) is 0 Å². The number of rotatable bonds is 4. The minimum Gasteiger partial charge on any atom is -0.462 e. The molecule has 1 saturated carbocycles. The maximum absolute atomic E-state index is 12.4. The SMILES string of the molecule is O=C1O[C@H](CCN2CCN(c3ccccc3)CC2)CC12CCCCC2. The summed E-state index contributed by atoms with van der Waals surface area (Å²) in [5, 5.41) is 0. The number of nitrogens with zero attached hydrogens (tertiary/aromatic N) is 2. The van der Waals surface area contributed by atoms with Crippen molar-refractivity contribution in [2.24, 2.45) is 5.41 Å². The molecule has 0 radical (unpaired) electrons. The topological polar surface area (TPSA) is 32.8 Å². The van der Waals surface area contributed by atoms with Gasteiger partial charge in [0.15, 0.2) is 0 Å². The monoisotopic (exact) mass is 342 g/mol. The summed E-state index contributed by atoms with van der Waals surface area (Å²) < 4.78 is 5.76. The molecule has 2 aliphatic heterocycles. The summed E-state index contributed by atoms with van der Waals surface area (Å²) in [7, 11) is 0. The Hall–Kier alpha value is -1.55. The fourth-order valence-corrected chi connectivity index (χ4v) is 4.83. The normalized spacial score (nSPS) is 26.8. The largest absolute Gasteiger partial charge is 0.462 e. The predicted molar refractivity (Wildman–Crippen MR) is 99.7 cm³/mol. The van der Waals surface area contributed by atoms with Gasteiger partial charge in [-0.25, -0.2) is 0 Å². The zero-order valence-electron chi connectivity index (χ0n) is 15.2. The highest BCUT2D eigenvalue weighted by atomic mass is 16.6. The van der Waals surface area contributed by atoms with Crippen LogP contribution in [0.1, 0.15) is 44.9 Å². The van der Waals surface area contributed by atoms with E-state index in [2.05, 4.69) is 40.1 Å². The molecule has 3 fully saturated rings. The summed E-state index contributed by atoms with van der Waals surface area (Å²) in [5.41, 5.74) is 1.21. The van der Waals surface area contributed by atoms with Crippen molar-refractivity contribution in [1.29, 1.82) is 0 Å². The molecule has 0 N–H and O–H groups in total. The first-order valence-electron chi connectivity index (χ1n) is 9.99. The van der Waals surface area contributed by atoms with Crippen LogP contribution in [0.15, 0.2) is 30.3 Å². The van der Waals surface area contributed by atoms with E-state index in [9.17, 15) is 4.79 Å². The van der Waals surface area contributed by atoms with Crippen LogP contribution in [-0.4, -0.2) is 49.7 Å². The van der Waals surface area contributed by atoms with Crippen molar-refractivity contribution in [3.05, 3.63) is 30.3 Å². The van der Waals surface area contributed by atoms with Crippen LogP contribution in [0.4, 0.5) is 5.69 Å². The van der Waals surface area contributed by atoms with Crippen molar-refractivity contribution in [2.45, 2.75) is 51.0 Å². The number of hydrogen-bond acceptors (Lipinski definition) is 4. The maximum atomic E-state index is 12.4. The quantitative estimate of drug-likeness (QED) is 0.785. The Bertz CT molecular complexity index is 575. The smallest absolute Gasteiger partial charge is 0.312 e. The lowest BCUT2D eigenvalue weighted by Crippen LogP contribution is -2.47. The third kappa shape index (κ3) is 3.69. The zero-order chi connectivity index (χ0) is 17.1. The van der Waals surface area contributed by atoms with Crippen molar-refractivity contribution >= 4 is 11.7 Å². The summed E-state index contributed by atoms with van der Waals surface area (Å²) in [6.45, 7) is 5.41. The standard InChI is InChI=1S/C21H30N2O2/c24-20-21(10-5-2-6-11-21)17-19(25-20)9-12-22-13-15-23(16-14-22)18-7-3-1-4-8-18/h1,3-4,7-8,19H,2,5-6,9-17H2/t19-/m1/s1. The summed E-state index contributed by atoms with van der Waals surface area (Å²) in [5.74, 6) is 0.103. The van der Waals surface area contributed by atoms with Crippen molar-refractivity contribution in [2.75, 3.05) is 37.6 Å². The third-order valence-corrected chi connectivity index (χ3v) is 6.40. The van der Waals surface area contributed by atoms with E-state index in [0.29, 0.717) is 0 Å². The Balaban J connectivity index is 1.23. The van der Waals surface area contributed by atoms with Crippen LogP contribution in [0, 0.1) is 5.41 Å². The van der Waals surface area contributed by atoms with Gasteiger partial charge in [0.1, 0.15) is 6.10 Å². The lowest BCUT2D eigenvalue weighted by molar-refractivity contribution is -0.150. The van der Waals surface area contributed by atoms with Crippen molar-refractivity contribution < 1.29 is 9.53 Å². The van der Waals surface area contributed by atoms with Crippen LogP contribution in [-0.2, 0) is 9.53 Å². The van der Waals surface area contributed by atoms with Gasteiger partial charge in [-0.2, -0.15) is 0 Å². The molecule has 0 amide bonds. The van der Waals surface area contributed by atoms with E-state index >= 15 is 0 Å². The van der Waals surface area contributed by atoms with Crippen molar-refractivity contribution in [1.82, 2.24) is 4.90 Å². The number of hydrogen-bond donors (Lipinski definition) is 0. The summed E-state index contributed by atoms with van der Waals surface area (Å²) in [6.07, 6.45) is 7.90. The number of carbonyl (C=O) groups is 1. The van der Waals surface area contributed by atoms with Gasteiger partial charge in [0.25, 0.3) is 0 Å². The molecular weight excluding hydrogens is 312 g/mol. The highest BCUT2D eigenvalue weighted by molar-refractivity contribution is 5.79. The number of esters is 1. The van der Waals surface area contributed by atoms with Gasteiger partial charge in [-0.3, -0.25) is 9.69 Å². The first-order chi connectivity index (χ1) is 12.3. The minimum atomic E-state index is -0.116. The zero-order valence-corrected chi connectivity index (χ0v) is 15.2. The Labute approximate surface area is 151 Å². The highest BCUT2D eigenvalue weighted by Crippen LogP contribution is 2.46. The number of anilines is 1. The molecule has 4 nitrogen and oxygen atoms in total. The molecule has 4 rings (SSSR count). The molecule has 0 aromatic heterocycles. The third-order valence-electron chi connectivity index (χ3n) is 6.40. The van der Waals surface area contributed by atoms with Gasteiger partial charge in [0, 0.05) is 44.8 Å². The van der Waals surface area contributed by atoms with E-state index in [4.69, 9.17) is 4.74 Å². The molecule has 25 heavy (non-hydrogen) atoms. The molecule has 0 bridgehead atoms. The van der Waals surface area contributed by atoms with Crippen molar-refractivity contribution in [3.63, 3.8) is 0 Å². The van der Waals surface area contributed by atoms with Gasteiger partial charge in [-0.1, -0.05) is 37.5 Å². The molecule has 1 spiro atoms. The second-order valence-corrected chi connectivity index (χ2v) is 8.03. The van der Waals surface area contributed by atoms with Gasteiger partial charge in [-0.15, -0.1) is 0 Å². The fourth-order valence-electron chi connectivity index (χ4n) is 4.83. The first kappa shape index (κ1) is 16.9. The molecule has 1 aromatic rings. The number of para-hydroxylation sites is 1. The predicted octanol–water partition coefficient (Wildman–Crippen LogP) is 3.46. The fraction of sp³-hybridized carbons (Fsp3) is 0.667. The van der Waals surface area contributed by atoms with Gasteiger partial charge >= 0.3 is 5.97 Å².